The largest absolute Gasteiger partial charge is 0.469 e. The van der Waals surface area contributed by atoms with Gasteiger partial charge in [-0.15, -0.1) is 6.58 Å². The molecule has 0 aliphatic heterocycles. The van der Waals surface area contributed by atoms with Crippen LogP contribution in [0.1, 0.15) is 13.8 Å². The fourth-order valence-corrected chi connectivity index (χ4v) is 1.05. The molecule has 0 saturated carbocycles. The van der Waals surface area contributed by atoms with Crippen molar-refractivity contribution in [3.63, 3.8) is 0 Å². The second-order valence-electron chi connectivity index (χ2n) is 3.34. The summed E-state index contributed by atoms with van der Waals surface area (Å²) in [7, 11) is 3.38. The lowest BCUT2D eigenvalue weighted by Gasteiger charge is -2.23. The fourth-order valence-electron chi connectivity index (χ4n) is 1.05. The van der Waals surface area contributed by atoms with Gasteiger partial charge >= 0.3 is 5.97 Å². The molecule has 0 radical (unpaired) electrons. The van der Waals surface area contributed by atoms with Gasteiger partial charge in [-0.3, -0.25) is 9.69 Å². The highest BCUT2D eigenvalue weighted by Gasteiger charge is 2.16. The number of nitrogens with zero attached hydrogens (tertiary/aromatic N) is 1. The molecule has 0 aromatic carbocycles. The molecule has 0 N–H and O–H groups in total. The van der Waals surface area contributed by atoms with Gasteiger partial charge in [0.2, 0.25) is 0 Å². The van der Waals surface area contributed by atoms with E-state index in [2.05, 4.69) is 16.2 Å². The van der Waals surface area contributed by atoms with E-state index in [4.69, 9.17) is 0 Å². The van der Waals surface area contributed by atoms with Crippen molar-refractivity contribution in [1.29, 1.82) is 0 Å². The number of rotatable bonds is 5. The average molecular weight is 185 g/mol. The van der Waals surface area contributed by atoms with E-state index < -0.39 is 0 Å². The molecular weight excluding hydrogens is 166 g/mol. The van der Waals surface area contributed by atoms with Crippen LogP contribution >= 0.6 is 0 Å². The topological polar surface area (TPSA) is 29.5 Å². The van der Waals surface area contributed by atoms with E-state index in [0.29, 0.717) is 6.54 Å². The van der Waals surface area contributed by atoms with Crippen LogP contribution in [0.4, 0.5) is 0 Å². The van der Waals surface area contributed by atoms with Crippen molar-refractivity contribution in [2.75, 3.05) is 20.7 Å². The predicted molar refractivity (Wildman–Crippen MR) is 53.5 cm³/mol. The van der Waals surface area contributed by atoms with E-state index in [0.717, 1.165) is 0 Å². The van der Waals surface area contributed by atoms with E-state index in [-0.39, 0.29) is 17.9 Å². The molecule has 3 heteroatoms. The number of hydrogen-bond donors (Lipinski definition) is 0. The van der Waals surface area contributed by atoms with E-state index >= 15 is 0 Å². The van der Waals surface area contributed by atoms with Crippen molar-refractivity contribution in [3.8, 4) is 0 Å². The number of esters is 1. The van der Waals surface area contributed by atoms with Crippen molar-refractivity contribution in [2.45, 2.75) is 19.9 Å². The molecule has 0 fully saturated rings. The van der Waals surface area contributed by atoms with Crippen molar-refractivity contribution >= 4 is 5.97 Å². The highest BCUT2D eigenvalue weighted by Crippen LogP contribution is 2.04. The van der Waals surface area contributed by atoms with Gasteiger partial charge in [-0.1, -0.05) is 13.0 Å². The number of likely N-dealkylation sites (N-methyl/N-ethyl adjacent to an activating group) is 1. The Balaban J connectivity index is 3.97. The Morgan fingerprint density at radius 3 is 2.54 bits per heavy atom. The Labute approximate surface area is 80.4 Å². The molecule has 0 amide bonds. The Morgan fingerprint density at radius 2 is 2.15 bits per heavy atom. The molecule has 0 aromatic rings. The molecule has 0 spiro atoms. The van der Waals surface area contributed by atoms with Gasteiger partial charge in [0.25, 0.3) is 0 Å². The highest BCUT2D eigenvalue weighted by molar-refractivity contribution is 5.72. The van der Waals surface area contributed by atoms with Crippen LogP contribution in [-0.2, 0) is 9.53 Å². The molecule has 0 aromatic heterocycles. The van der Waals surface area contributed by atoms with Crippen molar-refractivity contribution in [1.82, 2.24) is 4.90 Å². The molecule has 0 saturated heterocycles. The molecule has 0 heterocycles. The normalized spacial score (nSPS) is 15.2. The first-order chi connectivity index (χ1) is 6.02. The third-order valence-electron chi connectivity index (χ3n) is 2.20. The maximum absolute atomic E-state index is 11.1. The monoisotopic (exact) mass is 185 g/mol. The molecule has 3 nitrogen and oxygen atoms in total. The lowest BCUT2D eigenvalue weighted by atomic mass is 10.1. The van der Waals surface area contributed by atoms with Crippen molar-refractivity contribution in [2.24, 2.45) is 5.92 Å². The van der Waals surface area contributed by atoms with Crippen LogP contribution in [0.25, 0.3) is 0 Å². The summed E-state index contributed by atoms with van der Waals surface area (Å²) < 4.78 is 4.63. The second kappa shape index (κ2) is 5.75. The van der Waals surface area contributed by atoms with E-state index in [1.165, 1.54) is 7.11 Å². The predicted octanol–water partition coefficient (Wildman–Crippen LogP) is 1.30. The molecular formula is C10H19NO2. The highest BCUT2D eigenvalue weighted by atomic mass is 16.5. The van der Waals surface area contributed by atoms with Crippen molar-refractivity contribution in [3.05, 3.63) is 12.7 Å². The third-order valence-corrected chi connectivity index (χ3v) is 2.20. The smallest absolute Gasteiger partial charge is 0.309 e. The molecule has 0 bridgehead atoms. The number of ether oxygens (including phenoxy) is 1. The first-order valence-electron chi connectivity index (χ1n) is 4.43. The van der Waals surface area contributed by atoms with Gasteiger partial charge in [-0.2, -0.15) is 0 Å². The minimum absolute atomic E-state index is 0.0857. The SMILES string of the molecule is C=CC(C)N(C)CC(C)C(=O)OC. The summed E-state index contributed by atoms with van der Waals surface area (Å²) in [6.45, 7) is 8.29. The van der Waals surface area contributed by atoms with Crippen molar-refractivity contribution < 1.29 is 9.53 Å². The van der Waals surface area contributed by atoms with Gasteiger partial charge in [-0.05, 0) is 14.0 Å². The van der Waals surface area contributed by atoms with Gasteiger partial charge in [0.15, 0.2) is 0 Å². The van der Waals surface area contributed by atoms with Crippen LogP contribution in [0, 0.1) is 5.92 Å². The standard InChI is InChI=1S/C10H19NO2/c1-6-9(3)11(4)7-8(2)10(12)13-5/h6,8-9H,1,7H2,2-5H3. The first-order valence-corrected chi connectivity index (χ1v) is 4.43. The lowest BCUT2D eigenvalue weighted by Crippen LogP contribution is -2.34. The summed E-state index contributed by atoms with van der Waals surface area (Å²) >= 11 is 0. The quantitative estimate of drug-likeness (QED) is 0.477. The molecule has 0 aliphatic rings. The van der Waals surface area contributed by atoms with Crippen LogP contribution in [0.3, 0.4) is 0 Å². The molecule has 0 aliphatic carbocycles. The maximum atomic E-state index is 11.1. The Bertz CT molecular complexity index is 180. The van der Waals surface area contributed by atoms with Crippen LogP contribution < -0.4 is 0 Å². The summed E-state index contributed by atoms with van der Waals surface area (Å²) in [5.41, 5.74) is 0. The number of methoxy groups -OCH3 is 1. The van der Waals surface area contributed by atoms with Gasteiger partial charge in [0.1, 0.15) is 0 Å². The molecule has 13 heavy (non-hydrogen) atoms. The summed E-state index contributed by atoms with van der Waals surface area (Å²) in [6, 6.07) is 0.284. The second-order valence-corrected chi connectivity index (χ2v) is 3.34. The van der Waals surface area contributed by atoms with Crippen LogP contribution in [0.5, 0.6) is 0 Å². The summed E-state index contributed by atoms with van der Waals surface area (Å²) in [6.07, 6.45) is 1.85. The van der Waals surface area contributed by atoms with Gasteiger partial charge in [0, 0.05) is 12.6 Å². The lowest BCUT2D eigenvalue weighted by molar-refractivity contribution is -0.145. The minimum atomic E-state index is -0.164. The number of hydrogen-bond acceptors (Lipinski definition) is 3. The summed E-state index contributed by atoms with van der Waals surface area (Å²) in [5.74, 6) is -0.250. The van der Waals surface area contributed by atoms with Crippen LogP contribution in [-0.4, -0.2) is 37.6 Å². The van der Waals surface area contributed by atoms with E-state index in [1.54, 1.807) is 0 Å². The summed E-state index contributed by atoms with van der Waals surface area (Å²) in [4.78, 5) is 13.1. The molecule has 76 valence electrons. The Kier molecular flexibility index (Phi) is 5.39. The third kappa shape index (κ3) is 4.08. The zero-order valence-electron chi connectivity index (χ0n) is 8.91. The molecule has 0 rings (SSSR count). The number of carbonyl (C=O) groups is 1. The van der Waals surface area contributed by atoms with Crippen LogP contribution in [0.15, 0.2) is 12.7 Å². The van der Waals surface area contributed by atoms with E-state index in [9.17, 15) is 4.79 Å². The number of carbonyl (C=O) groups excluding carboxylic acids is 1. The molecule has 2 unspecified atom stereocenters. The van der Waals surface area contributed by atoms with Gasteiger partial charge in [0.05, 0.1) is 13.0 Å². The van der Waals surface area contributed by atoms with Gasteiger partial charge < -0.3 is 4.74 Å². The summed E-state index contributed by atoms with van der Waals surface area (Å²) in [5, 5.41) is 0. The zero-order chi connectivity index (χ0) is 10.4. The van der Waals surface area contributed by atoms with Crippen LogP contribution in [0.2, 0.25) is 0 Å². The van der Waals surface area contributed by atoms with E-state index in [1.807, 2.05) is 27.0 Å². The zero-order valence-corrected chi connectivity index (χ0v) is 8.91. The Hall–Kier alpha value is -0.830. The van der Waals surface area contributed by atoms with Gasteiger partial charge in [-0.25, -0.2) is 0 Å². The molecule has 2 atom stereocenters. The minimum Gasteiger partial charge on any atom is -0.469 e. The maximum Gasteiger partial charge on any atom is 0.309 e. The fraction of sp³-hybridized carbons (Fsp3) is 0.700. The Morgan fingerprint density at radius 1 is 1.62 bits per heavy atom. The average Bonchev–Trinajstić information content (AvgIpc) is 2.14. The first kappa shape index (κ1) is 12.2.